The van der Waals surface area contributed by atoms with Gasteiger partial charge in [-0.25, -0.2) is 4.79 Å². The number of carbonyl (C=O) groups excluding carboxylic acids is 2. The molecule has 29 heavy (non-hydrogen) atoms. The Balaban J connectivity index is 2.11. The maximum atomic E-state index is 12.5. The number of benzene rings is 2. The summed E-state index contributed by atoms with van der Waals surface area (Å²) in [5, 5.41) is 3.14. The first-order valence-corrected chi connectivity index (χ1v) is 8.83. The summed E-state index contributed by atoms with van der Waals surface area (Å²) in [6, 6.07) is 6.17. The molecule has 9 heteroatoms. The average Bonchev–Trinajstić information content (AvgIpc) is 2.73. The minimum Gasteiger partial charge on any atom is -0.496 e. The van der Waals surface area contributed by atoms with E-state index >= 15 is 0 Å². The zero-order chi connectivity index (χ0) is 21.6. The van der Waals surface area contributed by atoms with Crippen molar-refractivity contribution < 1.29 is 33.3 Å². The lowest BCUT2D eigenvalue weighted by molar-refractivity contribution is -0.119. The van der Waals surface area contributed by atoms with Gasteiger partial charge in [0, 0.05) is 23.2 Å². The number of methoxy groups -OCH3 is 4. The molecule has 0 saturated heterocycles. The van der Waals surface area contributed by atoms with Crippen LogP contribution in [0.25, 0.3) is 0 Å². The molecule has 2 aromatic carbocycles. The molecule has 0 aliphatic carbocycles. The molecule has 8 nitrogen and oxygen atoms in total. The lowest BCUT2D eigenvalue weighted by atomic mass is 10.1. The van der Waals surface area contributed by atoms with Crippen molar-refractivity contribution in [1.82, 2.24) is 0 Å². The molecule has 0 spiro atoms. The maximum Gasteiger partial charge on any atom is 0.342 e. The van der Waals surface area contributed by atoms with Crippen molar-refractivity contribution >= 4 is 29.2 Å². The van der Waals surface area contributed by atoms with E-state index in [0.29, 0.717) is 28.0 Å². The van der Waals surface area contributed by atoms with E-state index in [1.807, 2.05) is 0 Å². The van der Waals surface area contributed by atoms with Gasteiger partial charge in [-0.05, 0) is 18.6 Å². The van der Waals surface area contributed by atoms with Crippen LogP contribution in [0.15, 0.2) is 24.3 Å². The third kappa shape index (κ3) is 5.23. The fraction of sp³-hybridized carbons (Fsp3) is 0.300. The highest BCUT2D eigenvalue weighted by molar-refractivity contribution is 6.31. The molecule has 1 amide bonds. The molecule has 0 unspecified atom stereocenters. The van der Waals surface area contributed by atoms with E-state index in [-0.39, 0.29) is 11.3 Å². The van der Waals surface area contributed by atoms with Gasteiger partial charge >= 0.3 is 5.97 Å². The monoisotopic (exact) mass is 423 g/mol. The molecule has 0 aliphatic rings. The summed E-state index contributed by atoms with van der Waals surface area (Å²) in [7, 11) is 5.76. The van der Waals surface area contributed by atoms with Crippen LogP contribution in [0, 0.1) is 6.92 Å². The summed E-state index contributed by atoms with van der Waals surface area (Å²) in [5.41, 5.74) is 1.27. The maximum absolute atomic E-state index is 12.5. The van der Waals surface area contributed by atoms with Gasteiger partial charge in [-0.1, -0.05) is 11.6 Å². The molecule has 0 atom stereocenters. The number of aryl methyl sites for hydroxylation is 1. The predicted molar refractivity (Wildman–Crippen MR) is 108 cm³/mol. The quantitative estimate of drug-likeness (QED) is 0.650. The minimum absolute atomic E-state index is 0.0952. The highest BCUT2D eigenvalue weighted by atomic mass is 35.5. The fourth-order valence-electron chi connectivity index (χ4n) is 2.51. The number of hydrogen-bond donors (Lipinski definition) is 1. The first-order valence-electron chi connectivity index (χ1n) is 8.45. The predicted octanol–water partition coefficient (Wildman–Crippen LogP) is 3.48. The Bertz CT molecular complexity index is 914. The Kier molecular flexibility index (Phi) is 7.55. The number of rotatable bonds is 8. The standard InChI is InChI=1S/C20H22ClNO7/c1-11-6-14(16(26-3)8-13(11)21)22-19(23)10-29-20(24)12-7-17(27-4)18(28-5)9-15(12)25-2/h6-9H,10H2,1-5H3,(H,22,23). The van der Waals surface area contributed by atoms with Gasteiger partial charge in [-0.3, -0.25) is 4.79 Å². The molecular weight excluding hydrogens is 402 g/mol. The van der Waals surface area contributed by atoms with Crippen LogP contribution in [0.4, 0.5) is 5.69 Å². The molecule has 0 heterocycles. The van der Waals surface area contributed by atoms with Gasteiger partial charge in [0.2, 0.25) is 0 Å². The number of anilines is 1. The number of nitrogens with one attached hydrogen (secondary N) is 1. The number of carbonyl (C=O) groups is 2. The van der Waals surface area contributed by atoms with Crippen molar-refractivity contribution in [3.05, 3.63) is 40.4 Å². The molecule has 1 N–H and O–H groups in total. The van der Waals surface area contributed by atoms with Crippen LogP contribution in [0.2, 0.25) is 5.02 Å². The van der Waals surface area contributed by atoms with E-state index in [1.54, 1.807) is 19.1 Å². The van der Waals surface area contributed by atoms with Crippen LogP contribution in [-0.4, -0.2) is 46.9 Å². The summed E-state index contributed by atoms with van der Waals surface area (Å²) in [6.45, 7) is 1.28. The molecule has 0 saturated carbocycles. The first-order chi connectivity index (χ1) is 13.8. The zero-order valence-electron chi connectivity index (χ0n) is 16.8. The van der Waals surface area contributed by atoms with Crippen LogP contribution < -0.4 is 24.3 Å². The molecule has 0 fully saturated rings. The highest BCUT2D eigenvalue weighted by Gasteiger charge is 2.20. The van der Waals surface area contributed by atoms with Gasteiger partial charge in [-0.2, -0.15) is 0 Å². The van der Waals surface area contributed by atoms with Gasteiger partial charge in [0.1, 0.15) is 17.1 Å². The van der Waals surface area contributed by atoms with E-state index in [1.165, 1.54) is 40.6 Å². The molecule has 2 rings (SSSR count). The lowest BCUT2D eigenvalue weighted by Gasteiger charge is -2.14. The Labute approximate surface area is 173 Å². The van der Waals surface area contributed by atoms with Crippen molar-refractivity contribution in [2.24, 2.45) is 0 Å². The second-order valence-corrected chi connectivity index (χ2v) is 6.24. The summed E-state index contributed by atoms with van der Waals surface area (Å²) < 4.78 is 25.9. The smallest absolute Gasteiger partial charge is 0.342 e. The van der Waals surface area contributed by atoms with Gasteiger partial charge in [0.25, 0.3) is 5.91 Å². The Hall–Kier alpha value is -3.13. The van der Waals surface area contributed by atoms with Crippen LogP contribution in [0.3, 0.4) is 0 Å². The lowest BCUT2D eigenvalue weighted by Crippen LogP contribution is -2.21. The summed E-state index contributed by atoms with van der Waals surface area (Å²) >= 11 is 6.05. The van der Waals surface area contributed by atoms with E-state index < -0.39 is 18.5 Å². The number of halogens is 1. The number of ether oxygens (including phenoxy) is 5. The van der Waals surface area contributed by atoms with Crippen molar-refractivity contribution in [2.45, 2.75) is 6.92 Å². The Morgan fingerprint density at radius 2 is 1.45 bits per heavy atom. The van der Waals surface area contributed by atoms with Crippen LogP contribution in [-0.2, 0) is 9.53 Å². The molecule has 0 aliphatic heterocycles. The Morgan fingerprint density at radius 1 is 0.862 bits per heavy atom. The number of esters is 1. The molecule has 0 aromatic heterocycles. The largest absolute Gasteiger partial charge is 0.496 e. The zero-order valence-corrected chi connectivity index (χ0v) is 17.5. The molecule has 2 aromatic rings. The van der Waals surface area contributed by atoms with E-state index in [2.05, 4.69) is 5.32 Å². The summed E-state index contributed by atoms with van der Waals surface area (Å²) in [6.07, 6.45) is 0. The van der Waals surface area contributed by atoms with Crippen molar-refractivity contribution in [1.29, 1.82) is 0 Å². The van der Waals surface area contributed by atoms with E-state index in [9.17, 15) is 9.59 Å². The van der Waals surface area contributed by atoms with Gasteiger partial charge in [0.15, 0.2) is 18.1 Å². The summed E-state index contributed by atoms with van der Waals surface area (Å²) in [5.74, 6) is 0.0369. The normalized spacial score (nSPS) is 10.1. The topological polar surface area (TPSA) is 92.3 Å². The molecular formula is C20H22ClNO7. The third-order valence-electron chi connectivity index (χ3n) is 4.01. The van der Waals surface area contributed by atoms with Gasteiger partial charge in [-0.15, -0.1) is 0 Å². The number of hydrogen-bond acceptors (Lipinski definition) is 7. The molecule has 156 valence electrons. The first kappa shape index (κ1) is 22.2. The van der Waals surface area contributed by atoms with Gasteiger partial charge in [0.05, 0.1) is 34.1 Å². The van der Waals surface area contributed by atoms with Crippen molar-refractivity contribution in [3.63, 3.8) is 0 Å². The highest BCUT2D eigenvalue weighted by Crippen LogP contribution is 2.35. The van der Waals surface area contributed by atoms with Gasteiger partial charge < -0.3 is 29.0 Å². The van der Waals surface area contributed by atoms with Crippen LogP contribution in [0.5, 0.6) is 23.0 Å². The molecule has 0 radical (unpaired) electrons. The average molecular weight is 424 g/mol. The SMILES string of the molecule is COc1cc(Cl)c(C)cc1NC(=O)COC(=O)c1cc(OC)c(OC)cc1OC. The summed E-state index contributed by atoms with van der Waals surface area (Å²) in [4.78, 5) is 24.7. The second-order valence-electron chi connectivity index (χ2n) is 5.83. The van der Waals surface area contributed by atoms with Crippen LogP contribution >= 0.6 is 11.6 Å². The number of amides is 1. The minimum atomic E-state index is -0.753. The fourth-order valence-corrected chi connectivity index (χ4v) is 2.67. The second kappa shape index (κ2) is 9.88. The van der Waals surface area contributed by atoms with Crippen LogP contribution in [0.1, 0.15) is 15.9 Å². The van der Waals surface area contributed by atoms with Crippen molar-refractivity contribution in [3.8, 4) is 23.0 Å². The van der Waals surface area contributed by atoms with Crippen molar-refractivity contribution in [2.75, 3.05) is 40.4 Å². The van der Waals surface area contributed by atoms with E-state index in [4.69, 9.17) is 35.3 Å². The van der Waals surface area contributed by atoms with E-state index in [0.717, 1.165) is 5.56 Å². The third-order valence-corrected chi connectivity index (χ3v) is 4.42. The Morgan fingerprint density at radius 3 is 2.03 bits per heavy atom. The molecule has 0 bridgehead atoms.